The molecule has 0 spiro atoms. The lowest BCUT2D eigenvalue weighted by molar-refractivity contribution is -0.123. The topological polar surface area (TPSA) is 67.8 Å². The van der Waals surface area contributed by atoms with Gasteiger partial charge in [-0.1, -0.05) is 0 Å². The van der Waals surface area contributed by atoms with Gasteiger partial charge in [-0.15, -0.1) is 0 Å². The van der Waals surface area contributed by atoms with E-state index in [-0.39, 0.29) is 24.9 Å². The largest absolute Gasteiger partial charge is 0.483 e. The van der Waals surface area contributed by atoms with Crippen molar-refractivity contribution in [1.29, 1.82) is 0 Å². The van der Waals surface area contributed by atoms with E-state index in [4.69, 9.17) is 14.6 Å². The Morgan fingerprint density at radius 3 is 2.90 bits per heavy atom. The van der Waals surface area contributed by atoms with Crippen LogP contribution in [-0.4, -0.2) is 44.0 Å². The number of halogens is 2. The minimum atomic E-state index is -0.378. The van der Waals surface area contributed by atoms with Gasteiger partial charge in [-0.25, -0.2) is 4.39 Å². The fraction of sp³-hybridized carbons (Fsp3) is 0.462. The summed E-state index contributed by atoms with van der Waals surface area (Å²) in [4.78, 5) is 11.5. The molecule has 1 aromatic rings. The third-order valence-electron chi connectivity index (χ3n) is 2.28. The van der Waals surface area contributed by atoms with E-state index in [1.54, 1.807) is 0 Å². The lowest BCUT2D eigenvalue weighted by atomic mass is 10.3. The summed E-state index contributed by atoms with van der Waals surface area (Å²) in [6.07, 6.45) is 0.659. The van der Waals surface area contributed by atoms with E-state index in [0.29, 0.717) is 36.4 Å². The molecule has 1 aromatic carbocycles. The first-order valence-corrected chi connectivity index (χ1v) is 6.96. The van der Waals surface area contributed by atoms with E-state index in [9.17, 15) is 9.18 Å². The summed E-state index contributed by atoms with van der Waals surface area (Å²) in [6.45, 7) is 1.10. The summed E-state index contributed by atoms with van der Waals surface area (Å²) in [5.74, 6) is -0.229. The van der Waals surface area contributed by atoms with Crippen molar-refractivity contribution < 1.29 is 23.8 Å². The minimum Gasteiger partial charge on any atom is -0.483 e. The minimum absolute atomic E-state index is 0.00720. The second-order valence-electron chi connectivity index (χ2n) is 3.90. The number of nitrogens with one attached hydrogen (secondary N) is 1. The number of hydrogen-bond acceptors (Lipinski definition) is 4. The number of hydrogen-bond donors (Lipinski definition) is 2. The SMILES string of the molecule is O=C(COc1ccc(F)cc1Br)NCCCOCCO. The Morgan fingerprint density at radius 2 is 2.20 bits per heavy atom. The molecule has 1 amide bonds. The Hall–Kier alpha value is -1.18. The average molecular weight is 350 g/mol. The van der Waals surface area contributed by atoms with Gasteiger partial charge in [0.05, 0.1) is 17.7 Å². The fourth-order valence-electron chi connectivity index (χ4n) is 1.36. The van der Waals surface area contributed by atoms with E-state index in [1.807, 2.05) is 0 Å². The Labute approximate surface area is 125 Å². The van der Waals surface area contributed by atoms with Crippen LogP contribution in [-0.2, 0) is 9.53 Å². The molecule has 0 saturated heterocycles. The second-order valence-corrected chi connectivity index (χ2v) is 4.76. The van der Waals surface area contributed by atoms with Crippen LogP contribution in [0.25, 0.3) is 0 Å². The van der Waals surface area contributed by atoms with Gasteiger partial charge >= 0.3 is 0 Å². The van der Waals surface area contributed by atoms with Crippen LogP contribution in [0, 0.1) is 5.82 Å². The van der Waals surface area contributed by atoms with Gasteiger partial charge < -0.3 is 19.9 Å². The van der Waals surface area contributed by atoms with Crippen molar-refractivity contribution in [3.63, 3.8) is 0 Å². The molecule has 7 heteroatoms. The highest BCUT2D eigenvalue weighted by atomic mass is 79.9. The molecule has 0 bridgehead atoms. The zero-order valence-electron chi connectivity index (χ0n) is 10.9. The normalized spacial score (nSPS) is 10.3. The lowest BCUT2D eigenvalue weighted by Gasteiger charge is -2.09. The van der Waals surface area contributed by atoms with E-state index < -0.39 is 0 Å². The number of carbonyl (C=O) groups excluding carboxylic acids is 1. The number of amides is 1. The predicted octanol–water partition coefficient (Wildman–Crippen LogP) is 1.48. The van der Waals surface area contributed by atoms with Crippen molar-refractivity contribution in [3.8, 4) is 5.75 Å². The average Bonchev–Trinajstić information content (AvgIpc) is 2.41. The monoisotopic (exact) mass is 349 g/mol. The maximum Gasteiger partial charge on any atom is 0.257 e. The standard InChI is InChI=1S/C13H17BrFNO4/c14-11-8-10(15)2-3-12(11)20-9-13(18)16-4-1-6-19-7-5-17/h2-3,8,17H,1,4-7,9H2,(H,16,18). The van der Waals surface area contributed by atoms with E-state index >= 15 is 0 Å². The van der Waals surface area contributed by atoms with Gasteiger partial charge in [0.25, 0.3) is 5.91 Å². The van der Waals surface area contributed by atoms with Gasteiger partial charge in [0.2, 0.25) is 0 Å². The van der Waals surface area contributed by atoms with Crippen LogP contribution in [0.4, 0.5) is 4.39 Å². The van der Waals surface area contributed by atoms with Crippen LogP contribution in [0.3, 0.4) is 0 Å². The first kappa shape index (κ1) is 16.9. The third-order valence-corrected chi connectivity index (χ3v) is 2.90. The van der Waals surface area contributed by atoms with E-state index in [0.717, 1.165) is 0 Å². The number of carbonyl (C=O) groups is 1. The van der Waals surface area contributed by atoms with Crippen LogP contribution in [0.5, 0.6) is 5.75 Å². The molecule has 0 fully saturated rings. The zero-order chi connectivity index (χ0) is 14.8. The first-order valence-electron chi connectivity index (χ1n) is 6.16. The molecule has 0 aliphatic heterocycles. The van der Waals surface area contributed by atoms with Crippen LogP contribution < -0.4 is 10.1 Å². The van der Waals surface area contributed by atoms with Crippen LogP contribution in [0.1, 0.15) is 6.42 Å². The van der Waals surface area contributed by atoms with Crippen molar-refractivity contribution >= 4 is 21.8 Å². The highest BCUT2D eigenvalue weighted by Crippen LogP contribution is 2.25. The van der Waals surface area contributed by atoms with Crippen molar-refractivity contribution in [2.24, 2.45) is 0 Å². The highest BCUT2D eigenvalue weighted by molar-refractivity contribution is 9.10. The maximum absolute atomic E-state index is 12.8. The predicted molar refractivity (Wildman–Crippen MR) is 75.1 cm³/mol. The second kappa shape index (κ2) is 9.68. The summed E-state index contributed by atoms with van der Waals surface area (Å²) >= 11 is 3.15. The molecule has 5 nitrogen and oxygen atoms in total. The summed E-state index contributed by atoms with van der Waals surface area (Å²) in [6, 6.07) is 3.98. The van der Waals surface area contributed by atoms with Gasteiger partial charge in [-0.05, 0) is 40.5 Å². The van der Waals surface area contributed by atoms with Gasteiger partial charge in [0.1, 0.15) is 11.6 Å². The molecule has 0 heterocycles. The molecule has 0 aliphatic carbocycles. The van der Waals surface area contributed by atoms with Gasteiger partial charge in [-0.2, -0.15) is 0 Å². The third kappa shape index (κ3) is 6.83. The number of ether oxygens (including phenoxy) is 2. The van der Waals surface area contributed by atoms with Crippen molar-refractivity contribution in [1.82, 2.24) is 5.32 Å². The molecule has 0 aliphatic rings. The molecule has 0 unspecified atom stereocenters. The van der Waals surface area contributed by atoms with Crippen molar-refractivity contribution in [3.05, 3.63) is 28.5 Å². The first-order chi connectivity index (χ1) is 9.63. The quantitative estimate of drug-likeness (QED) is 0.662. The van der Waals surface area contributed by atoms with Crippen molar-refractivity contribution in [2.45, 2.75) is 6.42 Å². The number of rotatable bonds is 9. The Balaban J connectivity index is 2.16. The zero-order valence-corrected chi connectivity index (χ0v) is 12.5. The lowest BCUT2D eigenvalue weighted by Crippen LogP contribution is -2.30. The maximum atomic E-state index is 12.8. The Kier molecular flexibility index (Phi) is 8.17. The molecular formula is C13H17BrFNO4. The van der Waals surface area contributed by atoms with Crippen LogP contribution >= 0.6 is 15.9 Å². The highest BCUT2D eigenvalue weighted by Gasteiger charge is 2.06. The summed E-state index contributed by atoms with van der Waals surface area (Å²) in [7, 11) is 0. The van der Waals surface area contributed by atoms with Crippen molar-refractivity contribution in [2.75, 3.05) is 33.0 Å². The molecule has 0 saturated carbocycles. The van der Waals surface area contributed by atoms with Gasteiger partial charge in [0.15, 0.2) is 6.61 Å². The summed E-state index contributed by atoms with van der Waals surface area (Å²) < 4.78 is 23.6. The summed E-state index contributed by atoms with van der Waals surface area (Å²) in [5.41, 5.74) is 0. The molecule has 0 radical (unpaired) electrons. The Morgan fingerprint density at radius 1 is 1.40 bits per heavy atom. The molecular weight excluding hydrogens is 333 g/mol. The molecule has 112 valence electrons. The molecule has 0 atom stereocenters. The van der Waals surface area contributed by atoms with E-state index in [1.165, 1.54) is 18.2 Å². The van der Waals surface area contributed by atoms with Crippen LogP contribution in [0.15, 0.2) is 22.7 Å². The molecule has 0 aromatic heterocycles. The number of aliphatic hydroxyl groups is 1. The van der Waals surface area contributed by atoms with Gasteiger partial charge in [-0.3, -0.25) is 4.79 Å². The smallest absolute Gasteiger partial charge is 0.257 e. The van der Waals surface area contributed by atoms with Crippen LogP contribution in [0.2, 0.25) is 0 Å². The fourth-order valence-corrected chi connectivity index (χ4v) is 1.82. The number of aliphatic hydroxyl groups excluding tert-OH is 1. The Bertz CT molecular complexity index is 431. The molecule has 1 rings (SSSR count). The number of benzene rings is 1. The molecule has 20 heavy (non-hydrogen) atoms. The van der Waals surface area contributed by atoms with Gasteiger partial charge in [0, 0.05) is 13.2 Å². The summed E-state index contributed by atoms with van der Waals surface area (Å²) in [5, 5.41) is 11.2. The molecule has 2 N–H and O–H groups in total. The van der Waals surface area contributed by atoms with E-state index in [2.05, 4.69) is 21.2 Å².